The molecule has 7 heteroatoms. The number of carbonyl (C=O) groups excluding carboxylic acids is 2. The molecule has 1 N–H and O–H groups in total. The Hall–Kier alpha value is -2.67. The number of aromatic nitrogens is 2. The molecular weight excluding hydrogens is 344 g/mol. The van der Waals surface area contributed by atoms with Crippen molar-refractivity contribution in [2.45, 2.75) is 18.9 Å². The third-order valence-corrected chi connectivity index (χ3v) is 5.56. The topological polar surface area (TPSA) is 78.5 Å². The zero-order valence-corrected chi connectivity index (χ0v) is 15.4. The normalized spacial score (nSPS) is 22.2. The van der Waals surface area contributed by atoms with Crippen molar-refractivity contribution in [2.75, 3.05) is 33.4 Å². The van der Waals surface area contributed by atoms with Gasteiger partial charge in [-0.2, -0.15) is 5.10 Å². The van der Waals surface area contributed by atoms with E-state index in [1.807, 2.05) is 40.3 Å². The summed E-state index contributed by atoms with van der Waals surface area (Å²) in [5, 5.41) is 6.77. The van der Waals surface area contributed by atoms with Crippen molar-refractivity contribution in [3.05, 3.63) is 42.2 Å². The molecule has 27 heavy (non-hydrogen) atoms. The second-order valence-electron chi connectivity index (χ2n) is 7.23. The summed E-state index contributed by atoms with van der Waals surface area (Å²) in [4.78, 5) is 29.7. The van der Waals surface area contributed by atoms with Gasteiger partial charge in [0.1, 0.15) is 0 Å². The molecule has 2 atom stereocenters. The smallest absolute Gasteiger partial charge is 0.253 e. The lowest BCUT2D eigenvalue weighted by Gasteiger charge is -2.35. The van der Waals surface area contributed by atoms with Gasteiger partial charge in [0.2, 0.25) is 5.91 Å². The molecule has 0 aliphatic carbocycles. The van der Waals surface area contributed by atoms with Crippen molar-refractivity contribution in [3.63, 3.8) is 0 Å². The lowest BCUT2D eigenvalue weighted by Crippen LogP contribution is -2.49. The average Bonchev–Trinajstić information content (AvgIpc) is 3.10. The van der Waals surface area contributed by atoms with Crippen LogP contribution in [0.25, 0.3) is 11.1 Å². The first kappa shape index (κ1) is 17.7. The van der Waals surface area contributed by atoms with Crippen molar-refractivity contribution in [3.8, 4) is 11.1 Å². The zero-order chi connectivity index (χ0) is 18.8. The highest BCUT2D eigenvalue weighted by atomic mass is 16.5. The zero-order valence-electron chi connectivity index (χ0n) is 15.4. The van der Waals surface area contributed by atoms with E-state index in [1.54, 1.807) is 13.3 Å². The van der Waals surface area contributed by atoms with E-state index in [0.29, 0.717) is 31.8 Å². The van der Waals surface area contributed by atoms with E-state index in [1.165, 1.54) is 0 Å². The Bertz CT molecular complexity index is 820. The van der Waals surface area contributed by atoms with Gasteiger partial charge >= 0.3 is 0 Å². The van der Waals surface area contributed by atoms with E-state index >= 15 is 0 Å². The Morgan fingerprint density at radius 3 is 2.96 bits per heavy atom. The number of nitrogens with one attached hydrogen (secondary N) is 1. The molecule has 3 fully saturated rings. The first-order valence-electron chi connectivity index (χ1n) is 9.35. The van der Waals surface area contributed by atoms with Crippen LogP contribution in [0.2, 0.25) is 0 Å². The molecule has 3 aliphatic rings. The molecule has 2 amide bonds. The molecular formula is C20H24N4O3. The summed E-state index contributed by atoms with van der Waals surface area (Å²) in [6, 6.07) is 7.66. The van der Waals surface area contributed by atoms with Crippen LogP contribution in [0, 0.1) is 5.92 Å². The highest BCUT2D eigenvalue weighted by Gasteiger charge is 2.41. The molecule has 7 nitrogen and oxygen atoms in total. The number of hydrogen-bond donors (Lipinski definition) is 1. The number of benzene rings is 1. The summed E-state index contributed by atoms with van der Waals surface area (Å²) >= 11 is 0. The Morgan fingerprint density at radius 2 is 2.19 bits per heavy atom. The third kappa shape index (κ3) is 3.47. The molecule has 0 spiro atoms. The molecule has 1 aromatic heterocycles. The van der Waals surface area contributed by atoms with Crippen LogP contribution in [0.4, 0.5) is 0 Å². The highest BCUT2D eigenvalue weighted by Crippen LogP contribution is 2.30. The maximum atomic E-state index is 13.2. The van der Waals surface area contributed by atoms with Gasteiger partial charge in [0, 0.05) is 50.1 Å². The van der Waals surface area contributed by atoms with E-state index in [-0.39, 0.29) is 23.8 Å². The molecule has 3 aliphatic heterocycles. The van der Waals surface area contributed by atoms with Crippen molar-refractivity contribution >= 4 is 11.8 Å². The van der Waals surface area contributed by atoms with Crippen LogP contribution in [0.5, 0.6) is 0 Å². The Kier molecular flexibility index (Phi) is 4.94. The first-order valence-corrected chi connectivity index (χ1v) is 9.35. The molecule has 0 saturated carbocycles. The Labute approximate surface area is 158 Å². The maximum absolute atomic E-state index is 13.2. The highest BCUT2D eigenvalue weighted by molar-refractivity contribution is 5.96. The second kappa shape index (κ2) is 7.52. The van der Waals surface area contributed by atoms with Crippen LogP contribution in [-0.4, -0.2) is 71.2 Å². The Morgan fingerprint density at radius 1 is 1.30 bits per heavy atom. The van der Waals surface area contributed by atoms with Crippen LogP contribution in [0.1, 0.15) is 23.2 Å². The van der Waals surface area contributed by atoms with Gasteiger partial charge in [-0.15, -0.1) is 0 Å². The summed E-state index contributed by atoms with van der Waals surface area (Å²) in [5.41, 5.74) is 2.54. The van der Waals surface area contributed by atoms with E-state index in [4.69, 9.17) is 4.74 Å². The standard InChI is InChI=1S/C20H24N4O3/c1-27-8-7-24-18-6-5-16(20(24)26)12-23(13-18)19(25)15-4-2-3-14(9-15)17-10-21-22-11-17/h2-4,9-11,16,18H,5-8,12-13H2,1H3,(H,21,22)/t16-,18+/m0/s1. The summed E-state index contributed by atoms with van der Waals surface area (Å²) in [5.74, 6) is 0.0333. The summed E-state index contributed by atoms with van der Waals surface area (Å²) in [7, 11) is 1.64. The molecule has 2 bridgehead atoms. The van der Waals surface area contributed by atoms with Crippen LogP contribution in [-0.2, 0) is 9.53 Å². The van der Waals surface area contributed by atoms with E-state index in [0.717, 1.165) is 24.0 Å². The third-order valence-electron chi connectivity index (χ3n) is 5.56. The number of nitrogens with zero attached hydrogens (tertiary/aromatic N) is 3. The maximum Gasteiger partial charge on any atom is 0.253 e. The molecule has 142 valence electrons. The molecule has 3 saturated heterocycles. The fourth-order valence-corrected chi connectivity index (χ4v) is 4.11. The lowest BCUT2D eigenvalue weighted by molar-refractivity contribution is -0.140. The summed E-state index contributed by atoms with van der Waals surface area (Å²) < 4.78 is 5.15. The molecule has 4 heterocycles. The van der Waals surface area contributed by atoms with Gasteiger partial charge in [0.25, 0.3) is 5.91 Å². The number of piperidine rings is 1. The molecule has 0 unspecified atom stereocenters. The molecule has 1 aromatic carbocycles. The summed E-state index contributed by atoms with van der Waals surface area (Å²) in [6.07, 6.45) is 5.34. The minimum absolute atomic E-state index is 0.0152. The minimum atomic E-state index is -0.110. The fourth-order valence-electron chi connectivity index (χ4n) is 4.11. The van der Waals surface area contributed by atoms with Crippen molar-refractivity contribution < 1.29 is 14.3 Å². The average molecular weight is 368 g/mol. The minimum Gasteiger partial charge on any atom is -0.383 e. The predicted octanol–water partition coefficient (Wildman–Crippen LogP) is 1.79. The van der Waals surface area contributed by atoms with Crippen LogP contribution in [0.15, 0.2) is 36.7 Å². The number of aromatic amines is 1. The van der Waals surface area contributed by atoms with Gasteiger partial charge in [-0.25, -0.2) is 0 Å². The second-order valence-corrected chi connectivity index (χ2v) is 7.23. The lowest BCUT2D eigenvalue weighted by atomic mass is 9.94. The number of hydrogen-bond acceptors (Lipinski definition) is 4. The van der Waals surface area contributed by atoms with Gasteiger partial charge in [-0.05, 0) is 30.5 Å². The van der Waals surface area contributed by atoms with Gasteiger partial charge in [-0.1, -0.05) is 12.1 Å². The SMILES string of the molecule is COCCN1C(=O)[C@H]2CC[C@@H]1CN(C(=O)c1cccc(-c3cn[nH]c3)c1)C2. The first-order chi connectivity index (χ1) is 13.2. The molecule has 5 rings (SSSR count). The largest absolute Gasteiger partial charge is 0.383 e. The fraction of sp³-hybridized carbons (Fsp3) is 0.450. The van der Waals surface area contributed by atoms with Gasteiger partial charge in [0.15, 0.2) is 0 Å². The number of ether oxygens (including phenoxy) is 1. The molecule has 0 radical (unpaired) electrons. The molecule has 2 aromatic rings. The monoisotopic (exact) mass is 368 g/mol. The van der Waals surface area contributed by atoms with Crippen LogP contribution >= 0.6 is 0 Å². The van der Waals surface area contributed by atoms with Crippen molar-refractivity contribution in [1.82, 2.24) is 20.0 Å². The van der Waals surface area contributed by atoms with E-state index in [9.17, 15) is 9.59 Å². The number of amides is 2. The number of rotatable bonds is 5. The summed E-state index contributed by atoms with van der Waals surface area (Å²) in [6.45, 7) is 2.19. The van der Waals surface area contributed by atoms with E-state index in [2.05, 4.69) is 10.2 Å². The van der Waals surface area contributed by atoms with Gasteiger partial charge in [-0.3, -0.25) is 14.7 Å². The van der Waals surface area contributed by atoms with Gasteiger partial charge in [0.05, 0.1) is 18.7 Å². The predicted molar refractivity (Wildman–Crippen MR) is 100 cm³/mol. The van der Waals surface area contributed by atoms with Crippen LogP contribution < -0.4 is 0 Å². The van der Waals surface area contributed by atoms with Crippen molar-refractivity contribution in [2.24, 2.45) is 5.92 Å². The number of methoxy groups -OCH3 is 1. The van der Waals surface area contributed by atoms with Crippen LogP contribution in [0.3, 0.4) is 0 Å². The number of H-pyrrole nitrogens is 1. The quantitative estimate of drug-likeness (QED) is 0.873. The van der Waals surface area contributed by atoms with E-state index < -0.39 is 0 Å². The van der Waals surface area contributed by atoms with Gasteiger partial charge < -0.3 is 14.5 Å². The number of fused-ring (bicyclic) bond motifs is 4. The number of carbonyl (C=O) groups is 2. The van der Waals surface area contributed by atoms with Crippen molar-refractivity contribution in [1.29, 1.82) is 0 Å². The Balaban J connectivity index is 1.55.